The predicted molar refractivity (Wildman–Crippen MR) is 122 cm³/mol. The van der Waals surface area contributed by atoms with Gasteiger partial charge in [-0.3, -0.25) is 14.2 Å². The van der Waals surface area contributed by atoms with Crippen LogP contribution in [-0.2, 0) is 17.9 Å². The van der Waals surface area contributed by atoms with Crippen LogP contribution in [0.25, 0.3) is 10.2 Å². The molecule has 0 atom stereocenters. The summed E-state index contributed by atoms with van der Waals surface area (Å²) in [6.07, 6.45) is 0. The van der Waals surface area contributed by atoms with Gasteiger partial charge in [0.15, 0.2) is 0 Å². The van der Waals surface area contributed by atoms with Crippen molar-refractivity contribution in [3.63, 3.8) is 0 Å². The van der Waals surface area contributed by atoms with E-state index >= 15 is 0 Å². The fraction of sp³-hybridized carbons (Fsp3) is 0.208. The number of aromatic nitrogens is 2. The number of hydrogen-bond donors (Lipinski definition) is 0. The van der Waals surface area contributed by atoms with E-state index in [4.69, 9.17) is 0 Å². The van der Waals surface area contributed by atoms with Gasteiger partial charge in [0.1, 0.15) is 17.2 Å². The lowest BCUT2D eigenvalue weighted by Gasteiger charge is -2.24. The highest BCUT2D eigenvalue weighted by Gasteiger charge is 2.21. The van der Waals surface area contributed by atoms with Crippen molar-refractivity contribution in [2.24, 2.45) is 0 Å². The molecule has 0 unspecified atom stereocenters. The first-order valence-electron chi connectivity index (χ1n) is 9.82. The maximum Gasteiger partial charge on any atom is 0.263 e. The third kappa shape index (κ3) is 3.78. The number of rotatable bonds is 5. The summed E-state index contributed by atoms with van der Waals surface area (Å²) in [7, 11) is 0. The molecule has 0 N–H and O–H groups in total. The molecule has 2 aromatic carbocycles. The summed E-state index contributed by atoms with van der Waals surface area (Å²) in [5, 5.41) is 0.616. The monoisotopic (exact) mass is 417 g/mol. The second kappa shape index (κ2) is 8.24. The number of para-hydroxylation sites is 1. The SMILES string of the molecule is Cc1sc2nc(C)n(CC(=O)N(Cc3ccccc3)c3ccccc3)c(=O)c2c1C. The highest BCUT2D eigenvalue weighted by atomic mass is 32.1. The smallest absolute Gasteiger partial charge is 0.263 e. The number of hydrogen-bond acceptors (Lipinski definition) is 4. The van der Waals surface area contributed by atoms with Gasteiger partial charge in [-0.15, -0.1) is 11.3 Å². The number of carbonyl (C=O) groups is 1. The quantitative estimate of drug-likeness (QED) is 0.476. The molecule has 30 heavy (non-hydrogen) atoms. The van der Waals surface area contributed by atoms with Crippen LogP contribution >= 0.6 is 11.3 Å². The number of carbonyl (C=O) groups excluding carboxylic acids is 1. The van der Waals surface area contributed by atoms with Crippen LogP contribution < -0.4 is 10.5 Å². The van der Waals surface area contributed by atoms with Crippen LogP contribution in [0.1, 0.15) is 21.8 Å². The molecule has 2 heterocycles. The molecule has 0 radical (unpaired) electrons. The minimum absolute atomic E-state index is 0.0519. The zero-order chi connectivity index (χ0) is 21.3. The second-order valence-corrected chi connectivity index (χ2v) is 8.52. The normalized spacial score (nSPS) is 11.0. The zero-order valence-corrected chi connectivity index (χ0v) is 18.1. The number of thiophene rings is 1. The van der Waals surface area contributed by atoms with Crippen LogP contribution in [0.3, 0.4) is 0 Å². The molecular formula is C24H23N3O2S. The minimum atomic E-state index is -0.152. The van der Waals surface area contributed by atoms with Gasteiger partial charge < -0.3 is 4.90 Å². The summed E-state index contributed by atoms with van der Waals surface area (Å²) in [5.74, 6) is 0.399. The van der Waals surface area contributed by atoms with Crippen LogP contribution in [0.2, 0.25) is 0 Å². The number of benzene rings is 2. The van der Waals surface area contributed by atoms with Gasteiger partial charge in [-0.1, -0.05) is 48.5 Å². The summed E-state index contributed by atoms with van der Waals surface area (Å²) in [6, 6.07) is 19.4. The Morgan fingerprint density at radius 2 is 1.63 bits per heavy atom. The van der Waals surface area contributed by atoms with E-state index in [1.165, 1.54) is 15.9 Å². The van der Waals surface area contributed by atoms with E-state index < -0.39 is 0 Å². The lowest BCUT2D eigenvalue weighted by Crippen LogP contribution is -2.37. The molecule has 5 nitrogen and oxygen atoms in total. The van der Waals surface area contributed by atoms with Crippen molar-refractivity contribution in [3.8, 4) is 0 Å². The molecule has 6 heteroatoms. The van der Waals surface area contributed by atoms with Crippen molar-refractivity contribution in [2.75, 3.05) is 4.90 Å². The van der Waals surface area contributed by atoms with Crippen LogP contribution in [0.15, 0.2) is 65.5 Å². The molecule has 0 fully saturated rings. The lowest BCUT2D eigenvalue weighted by atomic mass is 10.2. The van der Waals surface area contributed by atoms with Crippen LogP contribution in [-0.4, -0.2) is 15.5 Å². The maximum absolute atomic E-state index is 13.4. The van der Waals surface area contributed by atoms with Gasteiger partial charge in [-0.05, 0) is 44.0 Å². The van der Waals surface area contributed by atoms with E-state index in [9.17, 15) is 9.59 Å². The molecule has 1 amide bonds. The number of anilines is 1. The van der Waals surface area contributed by atoms with E-state index in [0.29, 0.717) is 17.8 Å². The molecule has 4 aromatic rings. The van der Waals surface area contributed by atoms with Crippen molar-refractivity contribution in [1.29, 1.82) is 0 Å². The molecule has 0 saturated heterocycles. The van der Waals surface area contributed by atoms with Gasteiger partial charge >= 0.3 is 0 Å². The molecule has 0 spiro atoms. The number of amides is 1. The van der Waals surface area contributed by atoms with Gasteiger partial charge in [0.25, 0.3) is 5.56 Å². The molecule has 0 saturated carbocycles. The van der Waals surface area contributed by atoms with Crippen molar-refractivity contribution in [2.45, 2.75) is 33.9 Å². The topological polar surface area (TPSA) is 55.2 Å². The highest BCUT2D eigenvalue weighted by Crippen LogP contribution is 2.26. The maximum atomic E-state index is 13.4. The first-order chi connectivity index (χ1) is 14.5. The fourth-order valence-corrected chi connectivity index (χ4v) is 4.60. The van der Waals surface area contributed by atoms with Gasteiger partial charge in [0.2, 0.25) is 5.91 Å². The average molecular weight is 418 g/mol. The summed E-state index contributed by atoms with van der Waals surface area (Å²) in [5.41, 5.74) is 2.61. The summed E-state index contributed by atoms with van der Waals surface area (Å²) >= 11 is 1.52. The van der Waals surface area contributed by atoms with Crippen LogP contribution in [0.5, 0.6) is 0 Å². The number of fused-ring (bicyclic) bond motifs is 1. The van der Waals surface area contributed by atoms with Crippen molar-refractivity contribution >= 4 is 33.1 Å². The Morgan fingerprint density at radius 1 is 1.00 bits per heavy atom. The first-order valence-corrected chi connectivity index (χ1v) is 10.6. The Hall–Kier alpha value is -3.25. The van der Waals surface area contributed by atoms with E-state index in [1.807, 2.05) is 74.5 Å². The molecule has 0 bridgehead atoms. The first kappa shape index (κ1) is 20.0. The lowest BCUT2D eigenvalue weighted by molar-refractivity contribution is -0.119. The van der Waals surface area contributed by atoms with Gasteiger partial charge in [0.05, 0.1) is 11.9 Å². The van der Waals surface area contributed by atoms with Gasteiger partial charge in [0, 0.05) is 10.6 Å². The molecule has 2 aromatic heterocycles. The van der Waals surface area contributed by atoms with E-state index in [-0.39, 0.29) is 18.0 Å². The molecule has 0 aliphatic rings. The highest BCUT2D eigenvalue weighted by molar-refractivity contribution is 7.18. The number of aryl methyl sites for hydroxylation is 3. The summed E-state index contributed by atoms with van der Waals surface area (Å²) < 4.78 is 1.49. The summed E-state index contributed by atoms with van der Waals surface area (Å²) in [4.78, 5) is 34.7. The summed E-state index contributed by atoms with van der Waals surface area (Å²) in [6.45, 7) is 6.09. The Labute approximate surface area is 179 Å². The molecule has 4 rings (SSSR count). The second-order valence-electron chi connectivity index (χ2n) is 7.31. The standard InChI is InChI=1S/C24H23N3O2S/c1-16-17(2)30-23-22(16)24(29)26(18(3)25-23)15-21(28)27(20-12-8-5-9-13-20)14-19-10-6-4-7-11-19/h4-13H,14-15H2,1-3H3. The number of nitrogens with zero attached hydrogens (tertiary/aromatic N) is 3. The molecular weight excluding hydrogens is 394 g/mol. The Kier molecular flexibility index (Phi) is 5.50. The van der Waals surface area contributed by atoms with Crippen LogP contribution in [0, 0.1) is 20.8 Å². The average Bonchev–Trinajstić information content (AvgIpc) is 3.04. The Balaban J connectivity index is 1.72. The molecule has 152 valence electrons. The Bertz CT molecular complexity index is 1260. The largest absolute Gasteiger partial charge is 0.306 e. The fourth-order valence-electron chi connectivity index (χ4n) is 3.53. The van der Waals surface area contributed by atoms with E-state index in [0.717, 1.165) is 26.5 Å². The molecule has 0 aliphatic heterocycles. The molecule has 0 aliphatic carbocycles. The van der Waals surface area contributed by atoms with Crippen molar-refractivity contribution in [1.82, 2.24) is 9.55 Å². The zero-order valence-electron chi connectivity index (χ0n) is 17.3. The van der Waals surface area contributed by atoms with Crippen molar-refractivity contribution in [3.05, 3.63) is 92.8 Å². The van der Waals surface area contributed by atoms with Gasteiger partial charge in [-0.25, -0.2) is 4.98 Å². The van der Waals surface area contributed by atoms with Gasteiger partial charge in [-0.2, -0.15) is 0 Å². The third-order valence-corrected chi connectivity index (χ3v) is 6.43. The van der Waals surface area contributed by atoms with Crippen LogP contribution in [0.4, 0.5) is 5.69 Å². The van der Waals surface area contributed by atoms with E-state index in [1.54, 1.807) is 11.8 Å². The Morgan fingerprint density at radius 3 is 2.30 bits per heavy atom. The van der Waals surface area contributed by atoms with E-state index in [2.05, 4.69) is 4.98 Å². The minimum Gasteiger partial charge on any atom is -0.306 e. The van der Waals surface area contributed by atoms with Crippen molar-refractivity contribution < 1.29 is 4.79 Å². The predicted octanol–water partition coefficient (Wildman–Crippen LogP) is 4.62. The third-order valence-electron chi connectivity index (χ3n) is 5.33.